The quantitative estimate of drug-likeness (QED) is 0.236. The maximum atomic E-state index is 12.3. The average molecular weight is 488 g/mol. The number of carbonyl (C=O) groups is 2. The van der Waals surface area contributed by atoms with Gasteiger partial charge in [-0.1, -0.05) is 35.9 Å². The first kappa shape index (κ1) is 23.7. The Hall–Kier alpha value is -4.43. The van der Waals surface area contributed by atoms with Crippen molar-refractivity contribution in [2.45, 2.75) is 6.92 Å². The van der Waals surface area contributed by atoms with Crippen molar-refractivity contribution >= 4 is 35.3 Å². The monoisotopic (exact) mass is 487 g/mol. The van der Waals surface area contributed by atoms with Crippen LogP contribution in [0.4, 0.5) is 5.69 Å². The Balaban J connectivity index is 1.54. The van der Waals surface area contributed by atoms with Gasteiger partial charge in [-0.25, -0.2) is 10.1 Å². The third kappa shape index (κ3) is 5.56. The highest BCUT2D eigenvalue weighted by Gasteiger charge is 2.15. The summed E-state index contributed by atoms with van der Waals surface area (Å²) in [6.07, 6.45) is 3.24. The summed E-state index contributed by atoms with van der Waals surface area (Å²) in [5, 5.41) is 11.7. The fourth-order valence-electron chi connectivity index (χ4n) is 3.30. The van der Waals surface area contributed by atoms with E-state index in [1.54, 1.807) is 43.1 Å². The zero-order chi connectivity index (χ0) is 24.8. The summed E-state index contributed by atoms with van der Waals surface area (Å²) in [5.74, 6) is -1.05. The predicted molar refractivity (Wildman–Crippen MR) is 136 cm³/mol. The van der Waals surface area contributed by atoms with Gasteiger partial charge in [-0.05, 0) is 61.0 Å². The summed E-state index contributed by atoms with van der Waals surface area (Å²) < 4.78 is 6.95. The van der Waals surface area contributed by atoms with E-state index in [-0.39, 0.29) is 0 Å². The van der Waals surface area contributed by atoms with Gasteiger partial charge in [0.15, 0.2) is 0 Å². The second kappa shape index (κ2) is 10.7. The minimum atomic E-state index is -0.915. The number of amides is 2. The Bertz CT molecular complexity index is 1380. The molecule has 0 spiro atoms. The van der Waals surface area contributed by atoms with Gasteiger partial charge in [0.1, 0.15) is 11.4 Å². The molecule has 8 nitrogen and oxygen atoms in total. The summed E-state index contributed by atoms with van der Waals surface area (Å²) in [6, 6.07) is 22.1. The molecule has 3 aromatic carbocycles. The Kier molecular flexibility index (Phi) is 7.23. The smallest absolute Gasteiger partial charge is 0.329 e. The van der Waals surface area contributed by atoms with E-state index in [0.717, 1.165) is 17.0 Å². The number of nitrogens with one attached hydrogen (secondary N) is 2. The molecule has 0 atom stereocenters. The van der Waals surface area contributed by atoms with E-state index in [2.05, 4.69) is 15.8 Å². The molecule has 0 aliphatic carbocycles. The first-order valence-corrected chi connectivity index (χ1v) is 11.0. The van der Waals surface area contributed by atoms with Gasteiger partial charge in [0.25, 0.3) is 0 Å². The molecule has 0 unspecified atom stereocenters. The molecule has 0 aliphatic rings. The number of carbonyl (C=O) groups excluding carboxylic acids is 2. The van der Waals surface area contributed by atoms with E-state index in [1.165, 1.54) is 6.21 Å². The second-order valence-electron chi connectivity index (χ2n) is 7.51. The maximum Gasteiger partial charge on any atom is 0.329 e. The first-order chi connectivity index (χ1) is 17.0. The van der Waals surface area contributed by atoms with Crippen molar-refractivity contribution in [1.29, 1.82) is 0 Å². The van der Waals surface area contributed by atoms with E-state index in [1.807, 2.05) is 54.6 Å². The minimum Gasteiger partial charge on any atom is -0.497 e. The Morgan fingerprint density at radius 1 is 1.00 bits per heavy atom. The number of aromatic nitrogens is 2. The molecular weight excluding hydrogens is 466 g/mol. The van der Waals surface area contributed by atoms with Crippen LogP contribution in [0.1, 0.15) is 11.1 Å². The Morgan fingerprint density at radius 2 is 1.74 bits per heavy atom. The third-order valence-corrected chi connectivity index (χ3v) is 5.63. The molecule has 1 aromatic heterocycles. The summed E-state index contributed by atoms with van der Waals surface area (Å²) >= 11 is 6.07. The number of methoxy groups -OCH3 is 1. The number of nitrogens with zero attached hydrogens (tertiary/aromatic N) is 3. The summed E-state index contributed by atoms with van der Waals surface area (Å²) in [7, 11) is 1.60. The van der Waals surface area contributed by atoms with Crippen LogP contribution in [0, 0.1) is 6.92 Å². The van der Waals surface area contributed by atoms with Crippen LogP contribution < -0.4 is 15.5 Å². The molecular formula is C26H22ClN5O3. The SMILES string of the molecule is COc1ccc(-c2nn(-c3ccccc3)cc2/C=N\NC(=O)C(=O)Nc2cccc(Cl)c2C)cc1. The fraction of sp³-hybridized carbons (Fsp3) is 0.0769. The molecule has 0 aliphatic heterocycles. The van der Waals surface area contributed by atoms with Crippen LogP contribution in [0.3, 0.4) is 0 Å². The van der Waals surface area contributed by atoms with Gasteiger partial charge >= 0.3 is 11.8 Å². The van der Waals surface area contributed by atoms with E-state index >= 15 is 0 Å². The number of hydrazone groups is 1. The van der Waals surface area contributed by atoms with Gasteiger partial charge in [0.2, 0.25) is 0 Å². The molecule has 2 amide bonds. The van der Waals surface area contributed by atoms with Crippen molar-refractivity contribution in [3.05, 3.63) is 95.1 Å². The van der Waals surface area contributed by atoms with Crippen LogP contribution in [0.5, 0.6) is 5.75 Å². The van der Waals surface area contributed by atoms with Crippen molar-refractivity contribution < 1.29 is 14.3 Å². The van der Waals surface area contributed by atoms with Crippen LogP contribution in [0.25, 0.3) is 16.9 Å². The molecule has 0 bridgehead atoms. The highest BCUT2D eigenvalue weighted by Crippen LogP contribution is 2.25. The second-order valence-corrected chi connectivity index (χ2v) is 7.91. The van der Waals surface area contributed by atoms with Crippen LogP contribution in [0.15, 0.2) is 84.1 Å². The van der Waals surface area contributed by atoms with Gasteiger partial charge < -0.3 is 10.1 Å². The van der Waals surface area contributed by atoms with Gasteiger partial charge in [0, 0.05) is 28.0 Å². The summed E-state index contributed by atoms with van der Waals surface area (Å²) in [6.45, 7) is 1.75. The van der Waals surface area contributed by atoms with E-state index in [9.17, 15) is 9.59 Å². The average Bonchev–Trinajstić information content (AvgIpc) is 3.31. The first-order valence-electron chi connectivity index (χ1n) is 10.7. The zero-order valence-corrected chi connectivity index (χ0v) is 19.8. The van der Waals surface area contributed by atoms with Gasteiger partial charge in [-0.15, -0.1) is 0 Å². The van der Waals surface area contributed by atoms with Crippen LogP contribution in [0.2, 0.25) is 5.02 Å². The lowest BCUT2D eigenvalue weighted by Gasteiger charge is -2.08. The molecule has 4 aromatic rings. The van der Waals surface area contributed by atoms with Crippen molar-refractivity contribution in [1.82, 2.24) is 15.2 Å². The summed E-state index contributed by atoms with van der Waals surface area (Å²) in [5.41, 5.74) is 6.36. The molecule has 9 heteroatoms. The van der Waals surface area contributed by atoms with E-state index < -0.39 is 11.8 Å². The Morgan fingerprint density at radius 3 is 2.46 bits per heavy atom. The van der Waals surface area contributed by atoms with Crippen molar-refractivity contribution in [3.63, 3.8) is 0 Å². The van der Waals surface area contributed by atoms with Gasteiger partial charge in [-0.2, -0.15) is 10.2 Å². The molecule has 4 rings (SSSR count). The summed E-state index contributed by atoms with van der Waals surface area (Å²) in [4.78, 5) is 24.6. The lowest BCUT2D eigenvalue weighted by atomic mass is 10.1. The van der Waals surface area contributed by atoms with Crippen molar-refractivity contribution in [3.8, 4) is 22.7 Å². The Labute approximate surface area is 207 Å². The largest absolute Gasteiger partial charge is 0.497 e. The number of anilines is 1. The highest BCUT2D eigenvalue weighted by molar-refractivity contribution is 6.40. The number of hydrogen-bond acceptors (Lipinski definition) is 5. The van der Waals surface area contributed by atoms with Gasteiger partial charge in [0.05, 0.1) is 19.0 Å². The predicted octanol–water partition coefficient (Wildman–Crippen LogP) is 4.60. The van der Waals surface area contributed by atoms with Crippen molar-refractivity contribution in [2.75, 3.05) is 12.4 Å². The van der Waals surface area contributed by atoms with Crippen molar-refractivity contribution in [2.24, 2.45) is 5.10 Å². The number of halogens is 1. The number of para-hydroxylation sites is 1. The highest BCUT2D eigenvalue weighted by atomic mass is 35.5. The standard InChI is InChI=1S/C26H22ClN5O3/c1-17-22(27)9-6-10-23(17)29-25(33)26(34)30-28-15-19-16-32(20-7-4-3-5-8-20)31-24(19)18-11-13-21(35-2)14-12-18/h3-16H,1-2H3,(H,29,33)(H,30,34)/b28-15-. The molecule has 0 saturated heterocycles. The fourth-order valence-corrected chi connectivity index (χ4v) is 3.48. The molecule has 176 valence electrons. The third-order valence-electron chi connectivity index (χ3n) is 5.22. The van der Waals surface area contributed by atoms with Gasteiger partial charge in [-0.3, -0.25) is 9.59 Å². The van der Waals surface area contributed by atoms with E-state index in [0.29, 0.717) is 27.5 Å². The number of rotatable bonds is 6. The molecule has 0 fully saturated rings. The zero-order valence-electron chi connectivity index (χ0n) is 19.0. The number of hydrogen-bond donors (Lipinski definition) is 2. The van der Waals surface area contributed by atoms with Crippen LogP contribution >= 0.6 is 11.6 Å². The topological polar surface area (TPSA) is 97.6 Å². The van der Waals surface area contributed by atoms with E-state index in [4.69, 9.17) is 21.4 Å². The molecule has 0 saturated carbocycles. The molecule has 35 heavy (non-hydrogen) atoms. The molecule has 0 radical (unpaired) electrons. The molecule has 1 heterocycles. The lowest BCUT2D eigenvalue weighted by molar-refractivity contribution is -0.136. The van der Waals surface area contributed by atoms with Crippen LogP contribution in [-0.4, -0.2) is 34.9 Å². The maximum absolute atomic E-state index is 12.3. The minimum absolute atomic E-state index is 0.451. The normalized spacial score (nSPS) is 10.8. The number of benzene rings is 3. The van der Waals surface area contributed by atoms with Crippen LogP contribution in [-0.2, 0) is 9.59 Å². The number of ether oxygens (including phenoxy) is 1. The molecule has 2 N–H and O–H groups in total. The lowest BCUT2D eigenvalue weighted by Crippen LogP contribution is -2.32.